The molecule has 0 radical (unpaired) electrons. The van der Waals surface area contributed by atoms with Gasteiger partial charge in [-0.05, 0) is 43.4 Å². The van der Waals surface area contributed by atoms with Gasteiger partial charge >= 0.3 is 0 Å². The summed E-state index contributed by atoms with van der Waals surface area (Å²) in [6.45, 7) is 3.07. The predicted molar refractivity (Wildman–Crippen MR) is 83.7 cm³/mol. The van der Waals surface area contributed by atoms with Crippen LogP contribution in [0.25, 0.3) is 0 Å². The number of rotatable bonds is 4. The van der Waals surface area contributed by atoms with Crippen LogP contribution in [0.1, 0.15) is 56.6 Å². The van der Waals surface area contributed by atoms with Crippen molar-refractivity contribution in [1.29, 1.82) is 5.26 Å². The Bertz CT molecular complexity index is 470. The van der Waals surface area contributed by atoms with Gasteiger partial charge in [0, 0.05) is 17.6 Å². The molecule has 0 spiro atoms. The summed E-state index contributed by atoms with van der Waals surface area (Å²) in [4.78, 5) is 0. The number of halogens is 1. The highest BCUT2D eigenvalue weighted by atomic mass is 35.5. The zero-order chi connectivity index (χ0) is 14.4. The molecule has 0 bridgehead atoms. The van der Waals surface area contributed by atoms with Crippen molar-refractivity contribution in [3.05, 3.63) is 34.3 Å². The fraction of sp³-hybridized carbons (Fsp3) is 0.588. The van der Waals surface area contributed by atoms with Gasteiger partial charge in [0.25, 0.3) is 0 Å². The number of hydrogen-bond donors (Lipinski definition) is 1. The third-order valence-corrected chi connectivity index (χ3v) is 4.76. The standard InChI is InChI=1S/C17H23ClN2/c1-13(15-6-4-2-3-5-7-15)20-12-16-9-8-14(11-19)10-17(16)18/h8-10,13,15,20H,2-7,12H2,1H3/t13-/m0/s1. The lowest BCUT2D eigenvalue weighted by Crippen LogP contribution is -2.33. The van der Waals surface area contributed by atoms with Gasteiger partial charge in [0.05, 0.1) is 11.6 Å². The van der Waals surface area contributed by atoms with Crippen LogP contribution in [0.3, 0.4) is 0 Å². The molecule has 0 amide bonds. The SMILES string of the molecule is C[C@H](NCc1ccc(C#N)cc1Cl)C1CCCCCC1. The van der Waals surface area contributed by atoms with E-state index in [0.29, 0.717) is 16.6 Å². The molecule has 1 fully saturated rings. The van der Waals surface area contributed by atoms with E-state index < -0.39 is 0 Å². The predicted octanol–water partition coefficient (Wildman–Crippen LogP) is 4.66. The summed E-state index contributed by atoms with van der Waals surface area (Å²) in [6, 6.07) is 8.17. The monoisotopic (exact) mass is 290 g/mol. The summed E-state index contributed by atoms with van der Waals surface area (Å²) < 4.78 is 0. The lowest BCUT2D eigenvalue weighted by atomic mass is 9.93. The molecule has 0 aliphatic heterocycles. The first kappa shape index (κ1) is 15.4. The molecule has 20 heavy (non-hydrogen) atoms. The van der Waals surface area contributed by atoms with Crippen molar-refractivity contribution in [3.63, 3.8) is 0 Å². The molecular weight excluding hydrogens is 268 g/mol. The van der Waals surface area contributed by atoms with Crippen LogP contribution in [0.5, 0.6) is 0 Å². The van der Waals surface area contributed by atoms with Gasteiger partial charge in [0.15, 0.2) is 0 Å². The van der Waals surface area contributed by atoms with Crippen LogP contribution in [0.4, 0.5) is 0 Å². The molecule has 1 aromatic carbocycles. The maximum absolute atomic E-state index is 8.84. The minimum atomic E-state index is 0.528. The summed E-state index contributed by atoms with van der Waals surface area (Å²) in [5.41, 5.74) is 1.70. The van der Waals surface area contributed by atoms with Gasteiger partial charge in [-0.15, -0.1) is 0 Å². The molecule has 1 aliphatic rings. The highest BCUT2D eigenvalue weighted by molar-refractivity contribution is 6.31. The van der Waals surface area contributed by atoms with E-state index in [1.807, 2.05) is 12.1 Å². The van der Waals surface area contributed by atoms with Crippen molar-refractivity contribution in [2.75, 3.05) is 0 Å². The van der Waals surface area contributed by atoms with Gasteiger partial charge in [-0.3, -0.25) is 0 Å². The smallest absolute Gasteiger partial charge is 0.0992 e. The topological polar surface area (TPSA) is 35.8 Å². The molecule has 1 N–H and O–H groups in total. The van der Waals surface area contributed by atoms with Crippen molar-refractivity contribution in [2.24, 2.45) is 5.92 Å². The van der Waals surface area contributed by atoms with Crippen molar-refractivity contribution < 1.29 is 0 Å². The molecule has 1 atom stereocenters. The van der Waals surface area contributed by atoms with Crippen LogP contribution < -0.4 is 5.32 Å². The second-order valence-electron chi connectivity index (χ2n) is 5.84. The Balaban J connectivity index is 1.89. The van der Waals surface area contributed by atoms with Crippen molar-refractivity contribution in [3.8, 4) is 6.07 Å². The number of nitriles is 1. The summed E-state index contributed by atoms with van der Waals surface area (Å²) >= 11 is 6.21. The molecule has 0 unspecified atom stereocenters. The third-order valence-electron chi connectivity index (χ3n) is 4.40. The number of hydrogen-bond acceptors (Lipinski definition) is 2. The first-order valence-corrected chi connectivity index (χ1v) is 8.00. The molecule has 2 nitrogen and oxygen atoms in total. The molecular formula is C17H23ClN2. The second kappa shape index (κ2) is 7.67. The average molecular weight is 291 g/mol. The second-order valence-corrected chi connectivity index (χ2v) is 6.25. The fourth-order valence-electron chi connectivity index (χ4n) is 3.01. The van der Waals surface area contributed by atoms with Crippen LogP contribution in [0.15, 0.2) is 18.2 Å². The third kappa shape index (κ3) is 4.23. The molecule has 0 saturated heterocycles. The van der Waals surface area contributed by atoms with Gasteiger partial charge in [-0.1, -0.05) is 43.4 Å². The van der Waals surface area contributed by atoms with Crippen LogP contribution in [-0.4, -0.2) is 6.04 Å². The molecule has 0 aromatic heterocycles. The minimum absolute atomic E-state index is 0.528. The lowest BCUT2D eigenvalue weighted by Gasteiger charge is -2.24. The van der Waals surface area contributed by atoms with E-state index in [1.165, 1.54) is 38.5 Å². The van der Waals surface area contributed by atoms with E-state index in [1.54, 1.807) is 6.07 Å². The Morgan fingerprint density at radius 2 is 2.00 bits per heavy atom. The number of nitrogens with zero attached hydrogens (tertiary/aromatic N) is 1. The maximum Gasteiger partial charge on any atom is 0.0992 e. The Kier molecular flexibility index (Phi) is 5.88. The maximum atomic E-state index is 8.84. The largest absolute Gasteiger partial charge is 0.310 e. The molecule has 108 valence electrons. The first-order valence-electron chi connectivity index (χ1n) is 7.62. The molecule has 3 heteroatoms. The quantitative estimate of drug-likeness (QED) is 0.819. The summed E-state index contributed by atoms with van der Waals surface area (Å²) in [6.07, 6.45) is 8.21. The Labute approximate surface area is 127 Å². The zero-order valence-electron chi connectivity index (χ0n) is 12.2. The van der Waals surface area contributed by atoms with Gasteiger partial charge in [0.1, 0.15) is 0 Å². The van der Waals surface area contributed by atoms with Gasteiger partial charge in [-0.2, -0.15) is 5.26 Å². The normalized spacial score (nSPS) is 18.2. The molecule has 2 rings (SSSR count). The van der Waals surface area contributed by atoms with E-state index >= 15 is 0 Å². The highest BCUT2D eigenvalue weighted by Gasteiger charge is 2.18. The van der Waals surface area contributed by atoms with Crippen LogP contribution in [0, 0.1) is 17.2 Å². The van der Waals surface area contributed by atoms with Crippen LogP contribution >= 0.6 is 11.6 Å². The van der Waals surface area contributed by atoms with Gasteiger partial charge in [0.2, 0.25) is 0 Å². The van der Waals surface area contributed by atoms with Crippen molar-refractivity contribution in [1.82, 2.24) is 5.32 Å². The van der Waals surface area contributed by atoms with E-state index in [-0.39, 0.29) is 0 Å². The Hall–Kier alpha value is -1.04. The van der Waals surface area contributed by atoms with E-state index in [2.05, 4.69) is 18.3 Å². The summed E-state index contributed by atoms with van der Waals surface area (Å²) in [5, 5.41) is 13.1. The number of benzene rings is 1. The minimum Gasteiger partial charge on any atom is -0.310 e. The average Bonchev–Trinajstić information content (AvgIpc) is 2.74. The highest BCUT2D eigenvalue weighted by Crippen LogP contribution is 2.26. The van der Waals surface area contributed by atoms with E-state index in [9.17, 15) is 0 Å². The fourth-order valence-corrected chi connectivity index (χ4v) is 3.26. The Morgan fingerprint density at radius 1 is 1.30 bits per heavy atom. The molecule has 1 aliphatic carbocycles. The van der Waals surface area contributed by atoms with Crippen LogP contribution in [0.2, 0.25) is 5.02 Å². The molecule has 1 saturated carbocycles. The summed E-state index contributed by atoms with van der Waals surface area (Å²) in [5.74, 6) is 0.787. The van der Waals surface area contributed by atoms with E-state index in [4.69, 9.17) is 16.9 Å². The van der Waals surface area contributed by atoms with E-state index in [0.717, 1.165) is 18.0 Å². The molecule has 0 heterocycles. The number of nitrogens with one attached hydrogen (secondary N) is 1. The Morgan fingerprint density at radius 3 is 2.60 bits per heavy atom. The van der Waals surface area contributed by atoms with Gasteiger partial charge in [-0.25, -0.2) is 0 Å². The van der Waals surface area contributed by atoms with Crippen molar-refractivity contribution in [2.45, 2.75) is 58.0 Å². The first-order chi connectivity index (χ1) is 9.70. The van der Waals surface area contributed by atoms with Gasteiger partial charge < -0.3 is 5.32 Å². The summed E-state index contributed by atoms with van der Waals surface area (Å²) in [7, 11) is 0. The zero-order valence-corrected chi connectivity index (χ0v) is 12.9. The lowest BCUT2D eigenvalue weighted by molar-refractivity contribution is 0.336. The van der Waals surface area contributed by atoms with Crippen molar-refractivity contribution >= 4 is 11.6 Å². The molecule has 1 aromatic rings. The van der Waals surface area contributed by atoms with Crippen LogP contribution in [-0.2, 0) is 6.54 Å².